The number of halogens is 4. The molecule has 1 aliphatic heterocycles. The Balaban J connectivity index is 2.00. The number of hydrogen-bond acceptors (Lipinski definition) is 5. The molecule has 2 N–H and O–H groups in total. The van der Waals surface area contributed by atoms with Crippen molar-refractivity contribution in [1.29, 1.82) is 0 Å². The molecular weight excluding hydrogens is 390 g/mol. The van der Waals surface area contributed by atoms with Crippen LogP contribution in [0.15, 0.2) is 51.1 Å². The van der Waals surface area contributed by atoms with Gasteiger partial charge in [0.05, 0.1) is 22.6 Å². The van der Waals surface area contributed by atoms with Gasteiger partial charge in [-0.2, -0.15) is 13.2 Å². The fraction of sp³-hybridized carbons (Fsp3) is 0.235. The molecule has 5 nitrogen and oxygen atoms in total. The van der Waals surface area contributed by atoms with Gasteiger partial charge in [0.2, 0.25) is 5.78 Å². The molecule has 3 rings (SSSR count). The molecule has 0 unspecified atom stereocenters. The van der Waals surface area contributed by atoms with E-state index in [0.29, 0.717) is 0 Å². The van der Waals surface area contributed by atoms with Gasteiger partial charge in [-0.1, -0.05) is 0 Å². The van der Waals surface area contributed by atoms with Gasteiger partial charge < -0.3 is 10.2 Å². The fourth-order valence-electron chi connectivity index (χ4n) is 2.89. The van der Waals surface area contributed by atoms with Crippen LogP contribution in [0.3, 0.4) is 0 Å². The average Bonchev–Trinajstić information content (AvgIpc) is 3.16. The Bertz CT molecular complexity index is 995. The Labute approximate surface area is 153 Å². The smallest absolute Gasteiger partial charge is 0.425 e. The first-order valence-electron chi connectivity index (χ1n) is 7.54. The number of ketones is 1. The second-order valence-corrected chi connectivity index (χ2v) is 6.96. The Kier molecular flexibility index (Phi) is 4.54. The van der Waals surface area contributed by atoms with Crippen LogP contribution in [0.2, 0.25) is 0 Å². The summed E-state index contributed by atoms with van der Waals surface area (Å²) in [6, 6.07) is 1.70. The van der Waals surface area contributed by atoms with E-state index in [0.717, 1.165) is 12.1 Å². The van der Waals surface area contributed by atoms with Crippen LogP contribution in [0, 0.1) is 0 Å². The summed E-state index contributed by atoms with van der Waals surface area (Å²) in [7, 11) is 0. The molecule has 0 saturated heterocycles. The van der Waals surface area contributed by atoms with E-state index in [4.69, 9.17) is 5.11 Å². The standard InChI is InChI=1S/C17H11F4NO4S/c1-6-7(5-12(23)24)13-9(22-6)4-8(16(26)14(13)18)15(25)10-2-3-11(27-10)17(19,20)21/h2-3,26H,4-5H2,1H3,(H,23,24). The van der Waals surface area contributed by atoms with Gasteiger partial charge in [0.1, 0.15) is 4.88 Å². The zero-order valence-corrected chi connectivity index (χ0v) is 14.5. The van der Waals surface area contributed by atoms with E-state index < -0.39 is 46.4 Å². The Hall–Kier alpha value is -2.75. The number of hydrogen-bond donors (Lipinski definition) is 2. The average molecular weight is 401 g/mol. The third-order valence-electron chi connectivity index (χ3n) is 4.10. The topological polar surface area (TPSA) is 87.0 Å². The van der Waals surface area contributed by atoms with Crippen LogP contribution in [0.4, 0.5) is 17.6 Å². The highest BCUT2D eigenvalue weighted by Crippen LogP contribution is 2.41. The number of carboxylic acids is 1. The van der Waals surface area contributed by atoms with Gasteiger partial charge in [0.25, 0.3) is 0 Å². The maximum Gasteiger partial charge on any atom is 0.425 e. The number of carbonyl (C=O) groups is 2. The minimum absolute atomic E-state index is 0.0648. The number of fused-ring (bicyclic) bond motifs is 1. The van der Waals surface area contributed by atoms with Crippen LogP contribution in [0.25, 0.3) is 0 Å². The molecule has 10 heteroatoms. The molecular formula is C17H11F4NO4S. The van der Waals surface area contributed by atoms with Crippen molar-refractivity contribution in [2.75, 3.05) is 0 Å². The van der Waals surface area contributed by atoms with Crippen molar-refractivity contribution in [3.8, 4) is 0 Å². The summed E-state index contributed by atoms with van der Waals surface area (Å²) in [5.74, 6) is -4.36. The molecule has 1 aliphatic carbocycles. The van der Waals surface area contributed by atoms with E-state index in [1.54, 1.807) is 0 Å². The number of carboxylic acid groups (broad SMARTS) is 1. The van der Waals surface area contributed by atoms with E-state index in [1.807, 2.05) is 0 Å². The van der Waals surface area contributed by atoms with Gasteiger partial charge in [-0.25, -0.2) is 4.39 Å². The van der Waals surface area contributed by atoms with Crippen molar-refractivity contribution in [2.45, 2.75) is 25.9 Å². The molecule has 0 bridgehead atoms. The summed E-state index contributed by atoms with van der Waals surface area (Å²) < 4.78 is 52.8. The summed E-state index contributed by atoms with van der Waals surface area (Å²) in [5, 5.41) is 19.0. The van der Waals surface area contributed by atoms with Crippen LogP contribution >= 0.6 is 11.3 Å². The molecule has 2 aliphatic rings. The lowest BCUT2D eigenvalue weighted by Crippen LogP contribution is -2.18. The number of aliphatic hydroxyl groups excluding tert-OH is 1. The van der Waals surface area contributed by atoms with E-state index in [1.165, 1.54) is 6.92 Å². The van der Waals surface area contributed by atoms with E-state index >= 15 is 0 Å². The van der Waals surface area contributed by atoms with Gasteiger partial charge >= 0.3 is 12.1 Å². The summed E-state index contributed by atoms with van der Waals surface area (Å²) >= 11 is 0.193. The highest BCUT2D eigenvalue weighted by atomic mass is 32.1. The van der Waals surface area contributed by atoms with E-state index in [-0.39, 0.29) is 45.2 Å². The molecule has 0 amide bonds. The quantitative estimate of drug-likeness (QED) is 0.571. The highest BCUT2D eigenvalue weighted by molar-refractivity contribution is 7.14. The molecule has 0 aromatic carbocycles. The zero-order valence-electron chi connectivity index (χ0n) is 13.6. The fourth-order valence-corrected chi connectivity index (χ4v) is 3.73. The number of nitrogens with zero attached hydrogens (tertiary/aromatic N) is 1. The molecule has 2 heterocycles. The summed E-state index contributed by atoms with van der Waals surface area (Å²) in [6.07, 6.45) is -5.45. The second kappa shape index (κ2) is 6.45. The number of aliphatic carboxylic acids is 1. The SMILES string of the molecule is CC1=C(CC(=O)O)C2=C(F)C(O)=C(C(=O)c3ccc(C(F)(F)F)s3)CC2=N1. The van der Waals surface area contributed by atoms with Crippen molar-refractivity contribution >= 4 is 28.8 Å². The van der Waals surface area contributed by atoms with Crippen LogP contribution in [0.1, 0.15) is 34.3 Å². The van der Waals surface area contributed by atoms with Gasteiger partial charge in [0, 0.05) is 17.7 Å². The third-order valence-corrected chi connectivity index (χ3v) is 5.23. The number of rotatable bonds is 4. The van der Waals surface area contributed by atoms with E-state index in [2.05, 4.69) is 4.99 Å². The largest absolute Gasteiger partial charge is 0.505 e. The molecule has 0 fully saturated rings. The number of Topliss-reactive ketones (excluding diaryl/α,β-unsaturated/α-hetero) is 1. The normalized spacial score (nSPS) is 17.4. The summed E-state index contributed by atoms with van der Waals surface area (Å²) in [4.78, 5) is 26.2. The van der Waals surface area contributed by atoms with Crippen LogP contribution in [-0.4, -0.2) is 27.7 Å². The molecule has 1 aromatic rings. The predicted octanol–water partition coefficient (Wildman–Crippen LogP) is 4.59. The molecule has 0 atom stereocenters. The van der Waals surface area contributed by atoms with Crippen molar-refractivity contribution in [2.24, 2.45) is 4.99 Å². The second-order valence-electron chi connectivity index (χ2n) is 5.88. The first kappa shape index (κ1) is 19.0. The number of carbonyl (C=O) groups excluding carboxylic acids is 1. The highest BCUT2D eigenvalue weighted by Gasteiger charge is 2.38. The van der Waals surface area contributed by atoms with Crippen molar-refractivity contribution < 1.29 is 37.4 Å². The lowest BCUT2D eigenvalue weighted by molar-refractivity contribution is -0.136. The van der Waals surface area contributed by atoms with Crippen LogP contribution in [-0.2, 0) is 11.0 Å². The molecule has 1 aromatic heterocycles. The monoisotopic (exact) mass is 401 g/mol. The lowest BCUT2D eigenvalue weighted by atomic mass is 9.87. The molecule has 0 radical (unpaired) electrons. The van der Waals surface area contributed by atoms with Crippen molar-refractivity contribution in [3.63, 3.8) is 0 Å². The van der Waals surface area contributed by atoms with Crippen LogP contribution < -0.4 is 0 Å². The Morgan fingerprint density at radius 2 is 1.96 bits per heavy atom. The summed E-state index contributed by atoms with van der Waals surface area (Å²) in [5.41, 5.74) is -0.200. The van der Waals surface area contributed by atoms with Gasteiger partial charge in [-0.05, 0) is 24.6 Å². The maximum atomic E-state index is 14.7. The van der Waals surface area contributed by atoms with Gasteiger partial charge in [0.15, 0.2) is 11.6 Å². The first-order valence-corrected chi connectivity index (χ1v) is 8.36. The Morgan fingerprint density at radius 1 is 1.30 bits per heavy atom. The van der Waals surface area contributed by atoms with E-state index in [9.17, 15) is 32.3 Å². The van der Waals surface area contributed by atoms with Crippen molar-refractivity contribution in [1.82, 2.24) is 0 Å². The number of alkyl halides is 3. The zero-order chi connectivity index (χ0) is 20.1. The van der Waals surface area contributed by atoms with Crippen molar-refractivity contribution in [3.05, 3.63) is 55.9 Å². The molecule has 0 saturated carbocycles. The van der Waals surface area contributed by atoms with Gasteiger partial charge in [-0.15, -0.1) is 11.3 Å². The third kappa shape index (κ3) is 3.32. The molecule has 0 spiro atoms. The lowest BCUT2D eigenvalue weighted by Gasteiger charge is -2.18. The minimum atomic E-state index is -4.62. The first-order chi connectivity index (χ1) is 12.5. The molecule has 27 heavy (non-hydrogen) atoms. The molecule has 142 valence electrons. The van der Waals surface area contributed by atoms with Crippen LogP contribution in [0.5, 0.6) is 0 Å². The minimum Gasteiger partial charge on any atom is -0.505 e. The van der Waals surface area contributed by atoms with Gasteiger partial charge in [-0.3, -0.25) is 14.6 Å². The maximum absolute atomic E-state index is 14.7. The summed E-state index contributed by atoms with van der Waals surface area (Å²) in [6.45, 7) is 1.47. The number of aliphatic hydroxyl groups is 1. The Morgan fingerprint density at radius 3 is 2.52 bits per heavy atom. The predicted molar refractivity (Wildman–Crippen MR) is 88.4 cm³/mol. The number of allylic oxidation sites excluding steroid dienone is 4. The number of aliphatic imine (C=N–C) groups is 1. The number of thiophene rings is 1.